The predicted molar refractivity (Wildman–Crippen MR) is 177 cm³/mol. The van der Waals surface area contributed by atoms with E-state index in [1.165, 1.54) is 82.8 Å². The highest BCUT2D eigenvalue weighted by Crippen LogP contribution is 2.53. The molecule has 0 saturated heterocycles. The van der Waals surface area contributed by atoms with Crippen LogP contribution in [-0.2, 0) is 5.41 Å². The highest BCUT2D eigenvalue weighted by atomic mass is 15.0. The fourth-order valence-corrected chi connectivity index (χ4v) is 7.58. The van der Waals surface area contributed by atoms with Crippen molar-refractivity contribution >= 4 is 43.6 Å². The average molecular weight is 539 g/mol. The Bertz CT molecular complexity index is 2330. The lowest BCUT2D eigenvalue weighted by Gasteiger charge is -2.21. The lowest BCUT2D eigenvalue weighted by atomic mass is 9.82. The van der Waals surface area contributed by atoms with Crippen LogP contribution in [0.4, 0.5) is 0 Å². The number of rotatable bonds is 2. The lowest BCUT2D eigenvalue weighted by Crippen LogP contribution is -2.14. The molecule has 0 aliphatic heterocycles. The van der Waals surface area contributed by atoms with Crippen LogP contribution in [0.3, 0.4) is 0 Å². The van der Waals surface area contributed by atoms with Crippen molar-refractivity contribution in [3.8, 4) is 22.5 Å². The van der Waals surface area contributed by atoms with Crippen LogP contribution < -0.4 is 0 Å². The zero-order valence-corrected chi connectivity index (χ0v) is 24.0. The molecule has 0 unspecified atom stereocenters. The van der Waals surface area contributed by atoms with E-state index in [1.807, 2.05) is 0 Å². The van der Waals surface area contributed by atoms with Crippen molar-refractivity contribution in [1.82, 2.24) is 9.13 Å². The average Bonchev–Trinajstić information content (AvgIpc) is 3.61. The van der Waals surface area contributed by atoms with Crippen molar-refractivity contribution in [2.75, 3.05) is 0 Å². The predicted octanol–water partition coefficient (Wildman–Crippen LogP) is 10.5. The van der Waals surface area contributed by atoms with E-state index >= 15 is 0 Å². The maximum Gasteiger partial charge on any atom is 0.0622 e. The van der Waals surface area contributed by atoms with Gasteiger partial charge in [0, 0.05) is 43.9 Å². The molecule has 0 amide bonds. The highest BCUT2D eigenvalue weighted by Gasteiger charge is 2.37. The second kappa shape index (κ2) is 8.24. The van der Waals surface area contributed by atoms with Crippen LogP contribution >= 0.6 is 0 Å². The van der Waals surface area contributed by atoms with Crippen LogP contribution in [-0.4, -0.2) is 9.13 Å². The van der Waals surface area contributed by atoms with Gasteiger partial charge in [-0.25, -0.2) is 0 Å². The first kappa shape index (κ1) is 23.6. The van der Waals surface area contributed by atoms with Crippen LogP contribution in [0.5, 0.6) is 0 Å². The van der Waals surface area contributed by atoms with E-state index in [4.69, 9.17) is 0 Å². The molecule has 1 aliphatic rings. The Hall–Kier alpha value is -5.08. The van der Waals surface area contributed by atoms with E-state index in [9.17, 15) is 0 Å². The topological polar surface area (TPSA) is 9.86 Å². The van der Waals surface area contributed by atoms with Crippen LogP contribution in [0.25, 0.3) is 66.1 Å². The number of hydrogen-bond acceptors (Lipinski definition) is 0. The van der Waals surface area contributed by atoms with Gasteiger partial charge in [0.25, 0.3) is 0 Å². The zero-order valence-electron chi connectivity index (χ0n) is 24.0. The molecule has 0 fully saturated rings. The summed E-state index contributed by atoms with van der Waals surface area (Å²) in [6.07, 6.45) is 0. The molecule has 6 aromatic carbocycles. The number of aromatic nitrogens is 2. The van der Waals surface area contributed by atoms with Crippen molar-refractivity contribution in [1.29, 1.82) is 0 Å². The van der Waals surface area contributed by atoms with Crippen LogP contribution in [0.1, 0.15) is 30.5 Å². The molecule has 9 rings (SSSR count). The molecular formula is C40H30N2. The summed E-state index contributed by atoms with van der Waals surface area (Å²) < 4.78 is 4.93. The SMILES string of the molecule is Cc1ccc(-n2c3cc(-n4c5ccccc5c5ccccc54)ccc3c3ccc4c(c32)-c2ccccc2C4(C)C)cc1. The summed E-state index contributed by atoms with van der Waals surface area (Å²) in [5, 5.41) is 5.14. The molecule has 0 spiro atoms. The maximum absolute atomic E-state index is 2.51. The number of benzene rings is 6. The molecule has 0 N–H and O–H groups in total. The molecule has 42 heavy (non-hydrogen) atoms. The van der Waals surface area contributed by atoms with Gasteiger partial charge in [-0.2, -0.15) is 0 Å². The molecule has 2 nitrogen and oxygen atoms in total. The summed E-state index contributed by atoms with van der Waals surface area (Å²) in [5.41, 5.74) is 14.1. The molecule has 8 aromatic rings. The Morgan fingerprint density at radius 3 is 1.81 bits per heavy atom. The Morgan fingerprint density at radius 2 is 1.07 bits per heavy atom. The van der Waals surface area contributed by atoms with Gasteiger partial charge in [-0.1, -0.05) is 110 Å². The Labute approximate surface area is 245 Å². The van der Waals surface area contributed by atoms with E-state index < -0.39 is 0 Å². The number of fused-ring (bicyclic) bond motifs is 10. The first-order valence-corrected chi connectivity index (χ1v) is 14.8. The molecule has 0 atom stereocenters. The van der Waals surface area contributed by atoms with E-state index in [0.29, 0.717) is 0 Å². The summed E-state index contributed by atoms with van der Waals surface area (Å²) in [6.45, 7) is 6.89. The monoisotopic (exact) mass is 538 g/mol. The first-order valence-electron chi connectivity index (χ1n) is 14.8. The maximum atomic E-state index is 2.51. The molecule has 2 heteroatoms. The van der Waals surface area contributed by atoms with Crippen molar-refractivity contribution in [3.05, 3.63) is 144 Å². The summed E-state index contributed by atoms with van der Waals surface area (Å²) in [6, 6.07) is 47.2. The number of hydrogen-bond donors (Lipinski definition) is 0. The zero-order chi connectivity index (χ0) is 28.2. The van der Waals surface area contributed by atoms with E-state index in [0.717, 1.165) is 0 Å². The third-order valence-electron chi connectivity index (χ3n) is 9.59. The molecular weight excluding hydrogens is 508 g/mol. The van der Waals surface area contributed by atoms with Gasteiger partial charge < -0.3 is 9.13 Å². The fourth-order valence-electron chi connectivity index (χ4n) is 7.58. The molecule has 0 bridgehead atoms. The Balaban J connectivity index is 1.44. The molecule has 2 aromatic heterocycles. The van der Waals surface area contributed by atoms with Gasteiger partial charge in [0.1, 0.15) is 0 Å². The van der Waals surface area contributed by atoms with Gasteiger partial charge in [0.05, 0.1) is 22.1 Å². The van der Waals surface area contributed by atoms with Crippen LogP contribution in [0, 0.1) is 6.92 Å². The standard InChI is InChI=1S/C40H30N2/c1-25-16-18-26(19-17-25)42-37-24-27(41-35-14-8-5-10-28(35)29-11-6-9-15-36(29)41)20-21-30(37)31-22-23-34-38(39(31)42)32-12-4-7-13-33(32)40(34,2)3/h4-24H,1-3H3. The largest absolute Gasteiger partial charge is 0.309 e. The van der Waals surface area contributed by atoms with E-state index in [1.54, 1.807) is 0 Å². The second-order valence-corrected chi connectivity index (χ2v) is 12.3. The van der Waals surface area contributed by atoms with Gasteiger partial charge in [-0.15, -0.1) is 0 Å². The highest BCUT2D eigenvalue weighted by molar-refractivity contribution is 6.16. The third-order valence-corrected chi connectivity index (χ3v) is 9.59. The van der Waals surface area contributed by atoms with E-state index in [2.05, 4.69) is 157 Å². The van der Waals surface area contributed by atoms with Crippen molar-refractivity contribution in [3.63, 3.8) is 0 Å². The third kappa shape index (κ3) is 2.99. The van der Waals surface area contributed by atoms with Crippen molar-refractivity contribution in [2.24, 2.45) is 0 Å². The first-order chi connectivity index (χ1) is 20.5. The minimum Gasteiger partial charge on any atom is -0.309 e. The quantitative estimate of drug-likeness (QED) is 0.207. The van der Waals surface area contributed by atoms with Crippen molar-refractivity contribution in [2.45, 2.75) is 26.2 Å². The molecule has 0 radical (unpaired) electrons. The summed E-state index contributed by atoms with van der Waals surface area (Å²) in [7, 11) is 0. The number of para-hydroxylation sites is 2. The van der Waals surface area contributed by atoms with Gasteiger partial charge in [-0.05, 0) is 60.0 Å². The van der Waals surface area contributed by atoms with Crippen molar-refractivity contribution < 1.29 is 0 Å². The summed E-state index contributed by atoms with van der Waals surface area (Å²) >= 11 is 0. The summed E-state index contributed by atoms with van der Waals surface area (Å²) in [4.78, 5) is 0. The van der Waals surface area contributed by atoms with Gasteiger partial charge in [0.2, 0.25) is 0 Å². The molecule has 2 heterocycles. The smallest absolute Gasteiger partial charge is 0.0622 e. The van der Waals surface area contributed by atoms with Gasteiger partial charge in [0.15, 0.2) is 0 Å². The van der Waals surface area contributed by atoms with Crippen LogP contribution in [0.2, 0.25) is 0 Å². The minimum absolute atomic E-state index is 0.0528. The normalized spacial score (nSPS) is 13.8. The van der Waals surface area contributed by atoms with Crippen LogP contribution in [0.15, 0.2) is 127 Å². The molecule has 200 valence electrons. The second-order valence-electron chi connectivity index (χ2n) is 12.3. The number of aryl methyl sites for hydroxylation is 1. The summed E-state index contributed by atoms with van der Waals surface area (Å²) in [5.74, 6) is 0. The molecule has 0 saturated carbocycles. The number of nitrogens with zero attached hydrogens (tertiary/aromatic N) is 2. The van der Waals surface area contributed by atoms with Gasteiger partial charge in [-0.3, -0.25) is 0 Å². The molecule has 1 aliphatic carbocycles. The van der Waals surface area contributed by atoms with E-state index in [-0.39, 0.29) is 5.41 Å². The lowest BCUT2D eigenvalue weighted by molar-refractivity contribution is 0.661. The fraction of sp³-hybridized carbons (Fsp3) is 0.100. The minimum atomic E-state index is -0.0528. The Kier molecular flexibility index (Phi) is 4.63. The Morgan fingerprint density at radius 1 is 0.476 bits per heavy atom. The van der Waals surface area contributed by atoms with Gasteiger partial charge >= 0.3 is 0 Å².